The molecule has 1 fully saturated rings. The first-order valence-electron chi connectivity index (χ1n) is 5.83. The molecule has 0 radical (unpaired) electrons. The van der Waals surface area contributed by atoms with Crippen LogP contribution in [0.4, 0.5) is 0 Å². The third kappa shape index (κ3) is 2.49. The number of hydrogen-bond acceptors (Lipinski definition) is 4. The molecule has 2 heterocycles. The molecule has 1 N–H and O–H groups in total. The SMILES string of the molecule is Cc1nc(Cc2nc(C3CC3)c(I)c(=O)[nH]2)cs1. The maximum atomic E-state index is 11.9. The molecule has 0 atom stereocenters. The summed E-state index contributed by atoms with van der Waals surface area (Å²) in [6, 6.07) is 0. The minimum atomic E-state index is -0.0190. The third-order valence-corrected chi connectivity index (χ3v) is 4.78. The van der Waals surface area contributed by atoms with Crippen LogP contribution in [0.1, 0.15) is 41.0 Å². The Hall–Kier alpha value is -0.760. The largest absolute Gasteiger partial charge is 0.309 e. The number of hydrogen-bond donors (Lipinski definition) is 1. The van der Waals surface area contributed by atoms with Gasteiger partial charge in [0.25, 0.3) is 5.56 Å². The van der Waals surface area contributed by atoms with Gasteiger partial charge in [0.2, 0.25) is 0 Å². The molecule has 0 saturated heterocycles. The lowest BCUT2D eigenvalue weighted by Gasteiger charge is -2.04. The number of aromatic amines is 1. The Labute approximate surface area is 122 Å². The quantitative estimate of drug-likeness (QED) is 0.842. The lowest BCUT2D eigenvalue weighted by Crippen LogP contribution is -2.18. The fourth-order valence-electron chi connectivity index (χ4n) is 1.90. The highest BCUT2D eigenvalue weighted by atomic mass is 127. The fraction of sp³-hybridized carbons (Fsp3) is 0.417. The normalized spacial score (nSPS) is 15.0. The molecule has 1 aliphatic rings. The van der Waals surface area contributed by atoms with Crippen LogP contribution in [0.3, 0.4) is 0 Å². The van der Waals surface area contributed by atoms with E-state index >= 15 is 0 Å². The molecule has 3 rings (SSSR count). The number of aromatic nitrogens is 3. The molecule has 94 valence electrons. The molecule has 4 nitrogen and oxygen atoms in total. The van der Waals surface area contributed by atoms with Crippen molar-refractivity contribution in [1.82, 2.24) is 15.0 Å². The Bertz CT molecular complexity index is 645. The third-order valence-electron chi connectivity index (χ3n) is 2.92. The molecule has 18 heavy (non-hydrogen) atoms. The molecule has 0 aliphatic heterocycles. The summed E-state index contributed by atoms with van der Waals surface area (Å²) >= 11 is 3.71. The Morgan fingerprint density at radius 3 is 2.89 bits per heavy atom. The van der Waals surface area contributed by atoms with Gasteiger partial charge in [0.15, 0.2) is 0 Å². The molecule has 2 aromatic heterocycles. The molecule has 2 aromatic rings. The van der Waals surface area contributed by atoms with E-state index in [0.717, 1.165) is 38.6 Å². The van der Waals surface area contributed by atoms with E-state index in [-0.39, 0.29) is 5.56 Å². The summed E-state index contributed by atoms with van der Waals surface area (Å²) in [5.41, 5.74) is 1.93. The van der Waals surface area contributed by atoms with Crippen LogP contribution in [-0.2, 0) is 6.42 Å². The highest BCUT2D eigenvalue weighted by Crippen LogP contribution is 2.40. The Morgan fingerprint density at radius 2 is 2.28 bits per heavy atom. The van der Waals surface area contributed by atoms with Crippen molar-refractivity contribution < 1.29 is 0 Å². The lowest BCUT2D eigenvalue weighted by molar-refractivity contribution is 0.859. The van der Waals surface area contributed by atoms with Crippen molar-refractivity contribution in [2.75, 3.05) is 0 Å². The van der Waals surface area contributed by atoms with Crippen molar-refractivity contribution in [2.45, 2.75) is 32.1 Å². The molecule has 0 unspecified atom stereocenters. The van der Waals surface area contributed by atoms with Gasteiger partial charge in [-0.25, -0.2) is 9.97 Å². The van der Waals surface area contributed by atoms with Crippen molar-refractivity contribution in [2.24, 2.45) is 0 Å². The van der Waals surface area contributed by atoms with Crippen molar-refractivity contribution in [3.05, 3.63) is 41.5 Å². The predicted molar refractivity (Wildman–Crippen MR) is 79.2 cm³/mol. The highest BCUT2D eigenvalue weighted by Gasteiger charge is 2.28. The van der Waals surface area contributed by atoms with Crippen LogP contribution in [0.15, 0.2) is 10.2 Å². The second-order valence-electron chi connectivity index (χ2n) is 4.52. The van der Waals surface area contributed by atoms with E-state index in [2.05, 4.69) is 37.5 Å². The minimum Gasteiger partial charge on any atom is -0.309 e. The van der Waals surface area contributed by atoms with E-state index < -0.39 is 0 Å². The maximum Gasteiger partial charge on any atom is 0.264 e. The van der Waals surface area contributed by atoms with Gasteiger partial charge in [-0.1, -0.05) is 0 Å². The summed E-state index contributed by atoms with van der Waals surface area (Å²) in [5, 5.41) is 3.06. The zero-order valence-electron chi connectivity index (χ0n) is 9.86. The molecule has 0 aromatic carbocycles. The van der Waals surface area contributed by atoms with Gasteiger partial charge in [-0.3, -0.25) is 4.79 Å². The number of rotatable bonds is 3. The molecular weight excluding hydrogens is 361 g/mol. The molecule has 0 bridgehead atoms. The predicted octanol–water partition coefficient (Wildman–Crippen LogP) is 2.61. The second-order valence-corrected chi connectivity index (χ2v) is 6.66. The van der Waals surface area contributed by atoms with Crippen LogP contribution in [0.2, 0.25) is 0 Å². The monoisotopic (exact) mass is 373 g/mol. The Balaban J connectivity index is 1.94. The van der Waals surface area contributed by atoms with Crippen molar-refractivity contribution in [3.63, 3.8) is 0 Å². The maximum absolute atomic E-state index is 11.9. The average molecular weight is 373 g/mol. The number of aryl methyl sites for hydroxylation is 1. The van der Waals surface area contributed by atoms with E-state index in [9.17, 15) is 4.79 Å². The van der Waals surface area contributed by atoms with Crippen LogP contribution in [0.5, 0.6) is 0 Å². The number of H-pyrrole nitrogens is 1. The first-order chi connectivity index (χ1) is 8.63. The Morgan fingerprint density at radius 1 is 1.50 bits per heavy atom. The zero-order valence-corrected chi connectivity index (χ0v) is 12.8. The van der Waals surface area contributed by atoms with Crippen LogP contribution in [0, 0.1) is 10.5 Å². The first kappa shape index (κ1) is 12.3. The summed E-state index contributed by atoms with van der Waals surface area (Å²) in [7, 11) is 0. The van der Waals surface area contributed by atoms with Crippen molar-refractivity contribution >= 4 is 33.9 Å². The number of nitrogens with zero attached hydrogens (tertiary/aromatic N) is 2. The van der Waals surface area contributed by atoms with E-state index in [1.165, 1.54) is 0 Å². The van der Waals surface area contributed by atoms with E-state index in [1.807, 2.05) is 12.3 Å². The van der Waals surface area contributed by atoms with Gasteiger partial charge >= 0.3 is 0 Å². The summed E-state index contributed by atoms with van der Waals surface area (Å²) in [5.74, 6) is 1.22. The molecule has 1 saturated carbocycles. The standard InChI is InChI=1S/C12H12IN3OS/c1-6-14-8(5-18-6)4-9-15-11(7-2-3-7)10(13)12(17)16-9/h5,7H,2-4H2,1H3,(H,15,16,17). The topological polar surface area (TPSA) is 58.6 Å². The molecule has 1 aliphatic carbocycles. The van der Waals surface area contributed by atoms with Crippen molar-refractivity contribution in [1.29, 1.82) is 0 Å². The van der Waals surface area contributed by atoms with Gasteiger partial charge in [0.05, 0.1) is 20.0 Å². The first-order valence-corrected chi connectivity index (χ1v) is 7.79. The summed E-state index contributed by atoms with van der Waals surface area (Å²) in [4.78, 5) is 23.7. The summed E-state index contributed by atoms with van der Waals surface area (Å²) in [6.45, 7) is 1.98. The van der Waals surface area contributed by atoms with E-state index in [4.69, 9.17) is 0 Å². The van der Waals surface area contributed by atoms with Gasteiger partial charge in [-0.05, 0) is 42.4 Å². The number of nitrogens with one attached hydrogen (secondary N) is 1. The molecule has 6 heteroatoms. The molecule has 0 spiro atoms. The number of halogens is 1. The number of thiazole rings is 1. The second kappa shape index (κ2) is 4.73. The van der Waals surface area contributed by atoms with Gasteiger partial charge in [0.1, 0.15) is 5.82 Å². The smallest absolute Gasteiger partial charge is 0.264 e. The highest BCUT2D eigenvalue weighted by molar-refractivity contribution is 14.1. The summed E-state index contributed by atoms with van der Waals surface area (Å²) in [6.07, 6.45) is 2.92. The van der Waals surface area contributed by atoms with Crippen molar-refractivity contribution in [3.8, 4) is 0 Å². The summed E-state index contributed by atoms with van der Waals surface area (Å²) < 4.78 is 0.744. The Kier molecular flexibility index (Phi) is 3.23. The lowest BCUT2D eigenvalue weighted by atomic mass is 10.2. The molecular formula is C12H12IN3OS. The van der Waals surface area contributed by atoms with Gasteiger partial charge in [-0.15, -0.1) is 11.3 Å². The minimum absolute atomic E-state index is 0.0190. The zero-order chi connectivity index (χ0) is 12.7. The van der Waals surface area contributed by atoms with Crippen LogP contribution in [0.25, 0.3) is 0 Å². The van der Waals surface area contributed by atoms with Crippen LogP contribution in [-0.4, -0.2) is 15.0 Å². The average Bonchev–Trinajstić information content (AvgIpc) is 3.08. The van der Waals surface area contributed by atoms with E-state index in [0.29, 0.717) is 12.3 Å². The molecule has 0 amide bonds. The fourth-order valence-corrected chi connectivity index (χ4v) is 3.21. The van der Waals surface area contributed by atoms with Gasteiger partial charge in [0, 0.05) is 17.7 Å². The van der Waals surface area contributed by atoms with Gasteiger partial charge in [-0.2, -0.15) is 0 Å². The van der Waals surface area contributed by atoms with Crippen LogP contribution < -0.4 is 5.56 Å². The van der Waals surface area contributed by atoms with Gasteiger partial charge < -0.3 is 4.98 Å². The van der Waals surface area contributed by atoms with Crippen LogP contribution >= 0.6 is 33.9 Å². The van der Waals surface area contributed by atoms with E-state index in [1.54, 1.807) is 11.3 Å².